The van der Waals surface area contributed by atoms with Crippen LogP contribution in [0.15, 0.2) is 71.5 Å². The van der Waals surface area contributed by atoms with Crippen molar-refractivity contribution in [2.24, 2.45) is 0 Å². The van der Waals surface area contributed by atoms with E-state index in [9.17, 15) is 14.7 Å². The number of ether oxygens (including phenoxy) is 1. The number of carboxylic acid groups (broad SMARTS) is 1. The van der Waals surface area contributed by atoms with Crippen LogP contribution in [-0.2, 0) is 0 Å². The minimum atomic E-state index is -1.11. The highest BCUT2D eigenvalue weighted by atomic mass is 79.9. The molecular formula is C19H12BrNO4. The summed E-state index contributed by atoms with van der Waals surface area (Å²) in [7, 11) is 0. The van der Waals surface area contributed by atoms with Gasteiger partial charge in [-0.05, 0) is 57.9 Å². The Balaban J connectivity index is 2.08. The number of aromatic carboxylic acids is 1. The Hall–Kier alpha value is -2.99. The van der Waals surface area contributed by atoms with Crippen molar-refractivity contribution in [3.63, 3.8) is 0 Å². The lowest BCUT2D eigenvalue weighted by molar-refractivity contribution is 0.0689. The van der Waals surface area contributed by atoms with E-state index in [1.165, 1.54) is 12.1 Å². The van der Waals surface area contributed by atoms with E-state index >= 15 is 0 Å². The molecule has 0 spiro atoms. The van der Waals surface area contributed by atoms with Crippen LogP contribution in [0.2, 0.25) is 0 Å². The quantitative estimate of drug-likeness (QED) is 0.520. The van der Waals surface area contributed by atoms with Gasteiger partial charge in [0.15, 0.2) is 0 Å². The lowest BCUT2D eigenvalue weighted by Gasteiger charge is -2.13. The lowest BCUT2D eigenvalue weighted by Crippen LogP contribution is -2.11. The van der Waals surface area contributed by atoms with Crippen LogP contribution >= 0.6 is 15.9 Å². The predicted octanol–water partition coefficient (Wildman–Crippen LogP) is 4.43. The van der Waals surface area contributed by atoms with E-state index in [4.69, 9.17) is 4.74 Å². The molecule has 0 atom stereocenters. The van der Waals surface area contributed by atoms with E-state index in [1.54, 1.807) is 54.9 Å². The number of hydrogen-bond donors (Lipinski definition) is 1. The molecule has 25 heavy (non-hydrogen) atoms. The van der Waals surface area contributed by atoms with Gasteiger partial charge in [0.1, 0.15) is 5.75 Å². The second kappa shape index (κ2) is 7.27. The molecule has 6 heteroatoms. The van der Waals surface area contributed by atoms with Gasteiger partial charge in [-0.1, -0.05) is 18.2 Å². The van der Waals surface area contributed by atoms with Crippen LogP contribution in [-0.4, -0.2) is 22.0 Å². The molecule has 1 N–H and O–H groups in total. The molecule has 1 heterocycles. The number of rotatable bonds is 4. The first-order chi connectivity index (χ1) is 12.1. The van der Waals surface area contributed by atoms with Crippen molar-refractivity contribution in [2.75, 3.05) is 0 Å². The number of hydrogen-bond acceptors (Lipinski definition) is 4. The van der Waals surface area contributed by atoms with Gasteiger partial charge in [0, 0.05) is 22.4 Å². The number of carbonyl (C=O) groups excluding carboxylic acids is 1. The molecule has 5 nitrogen and oxygen atoms in total. The molecule has 0 amide bonds. The zero-order valence-corrected chi connectivity index (χ0v) is 14.4. The summed E-state index contributed by atoms with van der Waals surface area (Å²) < 4.78 is 6.10. The Morgan fingerprint density at radius 1 is 0.920 bits per heavy atom. The Bertz CT molecular complexity index is 941. The molecule has 1 aromatic heterocycles. The Morgan fingerprint density at radius 2 is 1.60 bits per heavy atom. The van der Waals surface area contributed by atoms with Crippen molar-refractivity contribution in [2.45, 2.75) is 0 Å². The molecule has 0 bridgehead atoms. The van der Waals surface area contributed by atoms with Crippen molar-refractivity contribution < 1.29 is 19.4 Å². The van der Waals surface area contributed by atoms with Gasteiger partial charge in [-0.15, -0.1) is 0 Å². The molecule has 3 aromatic rings. The number of carboxylic acids is 1. The van der Waals surface area contributed by atoms with Crippen molar-refractivity contribution in [3.8, 4) is 16.9 Å². The fourth-order valence-corrected chi connectivity index (χ4v) is 2.84. The average molecular weight is 398 g/mol. The summed E-state index contributed by atoms with van der Waals surface area (Å²) in [4.78, 5) is 28.0. The van der Waals surface area contributed by atoms with E-state index in [1.807, 2.05) is 0 Å². The molecule has 0 radical (unpaired) electrons. The lowest BCUT2D eigenvalue weighted by atomic mass is 9.99. The van der Waals surface area contributed by atoms with Gasteiger partial charge in [-0.2, -0.15) is 0 Å². The molecule has 0 aliphatic carbocycles. The summed E-state index contributed by atoms with van der Waals surface area (Å²) in [5.41, 5.74) is 1.33. The minimum absolute atomic E-state index is 0.0450. The topological polar surface area (TPSA) is 76.5 Å². The van der Waals surface area contributed by atoms with Crippen LogP contribution in [0.25, 0.3) is 11.1 Å². The first-order valence-electron chi connectivity index (χ1n) is 7.31. The molecule has 0 unspecified atom stereocenters. The molecule has 2 aromatic carbocycles. The first kappa shape index (κ1) is 16.9. The third-order valence-corrected chi connectivity index (χ3v) is 4.21. The highest BCUT2D eigenvalue weighted by Gasteiger charge is 2.20. The van der Waals surface area contributed by atoms with Crippen LogP contribution in [0.5, 0.6) is 5.75 Å². The third-order valence-electron chi connectivity index (χ3n) is 3.52. The highest BCUT2D eigenvalue weighted by Crippen LogP contribution is 2.34. The van der Waals surface area contributed by atoms with Crippen LogP contribution in [0, 0.1) is 0 Å². The van der Waals surface area contributed by atoms with E-state index < -0.39 is 11.9 Å². The smallest absolute Gasteiger partial charge is 0.344 e. The van der Waals surface area contributed by atoms with Gasteiger partial charge in [-0.25, -0.2) is 9.59 Å². The zero-order chi connectivity index (χ0) is 17.8. The van der Waals surface area contributed by atoms with E-state index in [2.05, 4.69) is 20.9 Å². The van der Waals surface area contributed by atoms with E-state index in [-0.39, 0.29) is 11.3 Å². The number of pyridine rings is 1. The number of nitrogens with zero attached hydrogens (tertiary/aromatic N) is 1. The summed E-state index contributed by atoms with van der Waals surface area (Å²) in [6.45, 7) is 0. The van der Waals surface area contributed by atoms with Gasteiger partial charge in [0.05, 0.1) is 11.1 Å². The number of halogens is 1. The average Bonchev–Trinajstić information content (AvgIpc) is 2.62. The maximum Gasteiger partial charge on any atom is 0.344 e. The Kier molecular flexibility index (Phi) is 4.90. The molecule has 0 saturated heterocycles. The first-order valence-corrected chi connectivity index (χ1v) is 8.10. The number of carbonyl (C=O) groups is 2. The van der Waals surface area contributed by atoms with Crippen molar-refractivity contribution >= 4 is 27.9 Å². The summed E-state index contributed by atoms with van der Waals surface area (Å²) >= 11 is 3.31. The maximum absolute atomic E-state index is 12.5. The van der Waals surface area contributed by atoms with Crippen LogP contribution < -0.4 is 4.74 Å². The predicted molar refractivity (Wildman–Crippen MR) is 95.7 cm³/mol. The van der Waals surface area contributed by atoms with Crippen molar-refractivity contribution in [1.82, 2.24) is 4.98 Å². The molecule has 0 saturated carbocycles. The number of esters is 1. The Morgan fingerprint density at radius 3 is 2.28 bits per heavy atom. The van der Waals surface area contributed by atoms with Crippen LogP contribution in [0.4, 0.5) is 0 Å². The van der Waals surface area contributed by atoms with Gasteiger partial charge in [-0.3, -0.25) is 4.98 Å². The summed E-state index contributed by atoms with van der Waals surface area (Å²) in [6, 6.07) is 14.8. The molecule has 0 aliphatic heterocycles. The van der Waals surface area contributed by atoms with E-state index in [0.717, 1.165) is 0 Å². The highest BCUT2D eigenvalue weighted by molar-refractivity contribution is 9.10. The second-order valence-electron chi connectivity index (χ2n) is 5.09. The SMILES string of the molecule is O=C(Oc1cccc(C(=O)O)c1-c1ccncc1)c1ccccc1Br. The number of benzene rings is 2. The largest absolute Gasteiger partial charge is 0.478 e. The molecule has 124 valence electrons. The third kappa shape index (κ3) is 3.59. The van der Waals surface area contributed by atoms with Crippen molar-refractivity contribution in [1.29, 1.82) is 0 Å². The number of aromatic nitrogens is 1. The van der Waals surface area contributed by atoms with Gasteiger partial charge in [0.25, 0.3) is 0 Å². The zero-order valence-electron chi connectivity index (χ0n) is 12.8. The molecule has 3 rings (SSSR count). The summed E-state index contributed by atoms with van der Waals surface area (Å²) in [6.07, 6.45) is 3.10. The summed E-state index contributed by atoms with van der Waals surface area (Å²) in [5.74, 6) is -1.51. The monoisotopic (exact) mass is 397 g/mol. The standard InChI is InChI=1S/C19H12BrNO4/c20-15-6-2-1-4-13(15)19(24)25-16-7-3-5-14(18(22)23)17(16)12-8-10-21-11-9-12/h1-11H,(H,22,23). The van der Waals surface area contributed by atoms with Gasteiger partial charge < -0.3 is 9.84 Å². The van der Waals surface area contributed by atoms with E-state index in [0.29, 0.717) is 21.2 Å². The van der Waals surface area contributed by atoms with Gasteiger partial charge >= 0.3 is 11.9 Å². The van der Waals surface area contributed by atoms with Crippen molar-refractivity contribution in [3.05, 3.63) is 82.6 Å². The Labute approximate surface area is 152 Å². The van der Waals surface area contributed by atoms with Gasteiger partial charge in [0.2, 0.25) is 0 Å². The normalized spacial score (nSPS) is 10.3. The second-order valence-corrected chi connectivity index (χ2v) is 5.94. The maximum atomic E-state index is 12.5. The fraction of sp³-hybridized carbons (Fsp3) is 0. The van der Waals surface area contributed by atoms with Crippen LogP contribution in [0.3, 0.4) is 0 Å². The molecular weight excluding hydrogens is 386 g/mol. The minimum Gasteiger partial charge on any atom is -0.478 e. The van der Waals surface area contributed by atoms with Crippen LogP contribution in [0.1, 0.15) is 20.7 Å². The molecule has 0 aliphatic rings. The fourth-order valence-electron chi connectivity index (χ4n) is 2.39. The summed E-state index contributed by atoms with van der Waals surface area (Å²) in [5, 5.41) is 9.48. The molecule has 0 fully saturated rings.